The Morgan fingerprint density at radius 2 is 1.82 bits per heavy atom. The van der Waals surface area contributed by atoms with E-state index in [0.717, 1.165) is 20.7 Å². The standard InChI is InChI=1S/C22H17ClN2OS2/c1-27-18-10-7-16(8-11-18)21(26)25(14-15-5-3-2-4-6-15)22-24-19-12-9-17(23)13-20(19)28-22/h2-13H,14H2,1H3. The Bertz CT molecular complexity index is 1110. The second-order valence-electron chi connectivity index (χ2n) is 6.21. The Morgan fingerprint density at radius 1 is 1.07 bits per heavy atom. The summed E-state index contributed by atoms with van der Waals surface area (Å²) in [4.78, 5) is 20.9. The number of nitrogens with zero attached hydrogens (tertiary/aromatic N) is 2. The molecule has 0 saturated carbocycles. The van der Waals surface area contributed by atoms with Crippen LogP contribution in [-0.4, -0.2) is 17.1 Å². The number of rotatable bonds is 5. The molecule has 1 heterocycles. The first-order valence-corrected chi connectivity index (χ1v) is 11.1. The number of thiazole rings is 1. The largest absolute Gasteiger partial charge is 0.279 e. The SMILES string of the molecule is CSc1ccc(C(=O)N(Cc2ccccc2)c2nc3ccc(Cl)cc3s2)cc1. The molecule has 0 saturated heterocycles. The van der Waals surface area contributed by atoms with Gasteiger partial charge in [-0.15, -0.1) is 11.8 Å². The Balaban J connectivity index is 1.74. The maximum Gasteiger partial charge on any atom is 0.260 e. The number of fused-ring (bicyclic) bond motifs is 1. The summed E-state index contributed by atoms with van der Waals surface area (Å²) in [5.74, 6) is -0.0679. The highest BCUT2D eigenvalue weighted by Crippen LogP contribution is 2.32. The lowest BCUT2D eigenvalue weighted by atomic mass is 10.1. The van der Waals surface area contributed by atoms with Crippen molar-refractivity contribution >= 4 is 56.0 Å². The molecule has 0 radical (unpaired) electrons. The molecule has 0 spiro atoms. The molecule has 3 nitrogen and oxygen atoms in total. The van der Waals surface area contributed by atoms with Gasteiger partial charge in [0.05, 0.1) is 16.8 Å². The summed E-state index contributed by atoms with van der Waals surface area (Å²) in [7, 11) is 0. The number of carbonyl (C=O) groups is 1. The van der Waals surface area contributed by atoms with Crippen molar-refractivity contribution in [1.29, 1.82) is 0 Å². The lowest BCUT2D eigenvalue weighted by Crippen LogP contribution is -2.30. The van der Waals surface area contributed by atoms with Crippen molar-refractivity contribution < 1.29 is 4.79 Å². The predicted octanol–water partition coefficient (Wildman–Crippen LogP) is 6.52. The third kappa shape index (κ3) is 4.07. The van der Waals surface area contributed by atoms with E-state index in [9.17, 15) is 4.79 Å². The van der Waals surface area contributed by atoms with Crippen molar-refractivity contribution in [2.24, 2.45) is 0 Å². The Labute approximate surface area is 177 Å². The molecule has 0 aliphatic carbocycles. The lowest BCUT2D eigenvalue weighted by Gasteiger charge is -2.20. The fourth-order valence-corrected chi connectivity index (χ4v) is 4.53. The van der Waals surface area contributed by atoms with E-state index in [1.165, 1.54) is 11.3 Å². The summed E-state index contributed by atoms with van der Waals surface area (Å²) in [5, 5.41) is 1.33. The first-order chi connectivity index (χ1) is 13.6. The predicted molar refractivity (Wildman–Crippen MR) is 120 cm³/mol. The molecule has 140 valence electrons. The van der Waals surface area contributed by atoms with Gasteiger partial charge in [-0.1, -0.05) is 53.3 Å². The van der Waals surface area contributed by atoms with Crippen LogP contribution < -0.4 is 4.90 Å². The highest BCUT2D eigenvalue weighted by Gasteiger charge is 2.22. The minimum Gasteiger partial charge on any atom is -0.279 e. The fourth-order valence-electron chi connectivity index (χ4n) is 2.88. The van der Waals surface area contributed by atoms with Gasteiger partial charge in [-0.3, -0.25) is 9.69 Å². The number of carbonyl (C=O) groups excluding carboxylic acids is 1. The van der Waals surface area contributed by atoms with Gasteiger partial charge in [-0.2, -0.15) is 0 Å². The third-order valence-corrected chi connectivity index (χ3v) is 6.36. The molecule has 0 atom stereocenters. The summed E-state index contributed by atoms with van der Waals surface area (Å²) in [6.07, 6.45) is 2.02. The normalized spacial score (nSPS) is 10.9. The van der Waals surface area contributed by atoms with E-state index in [-0.39, 0.29) is 5.91 Å². The van der Waals surface area contributed by atoms with Gasteiger partial charge in [0, 0.05) is 15.5 Å². The van der Waals surface area contributed by atoms with E-state index < -0.39 is 0 Å². The van der Waals surface area contributed by atoms with Crippen LogP contribution in [0.15, 0.2) is 77.7 Å². The van der Waals surface area contributed by atoms with Crippen LogP contribution in [0.3, 0.4) is 0 Å². The van der Waals surface area contributed by atoms with Crippen molar-refractivity contribution in [1.82, 2.24) is 4.98 Å². The first kappa shape index (κ1) is 19.0. The van der Waals surface area contributed by atoms with E-state index in [4.69, 9.17) is 16.6 Å². The van der Waals surface area contributed by atoms with Crippen LogP contribution in [0.5, 0.6) is 0 Å². The number of anilines is 1. The van der Waals surface area contributed by atoms with Gasteiger partial charge in [0.25, 0.3) is 5.91 Å². The second kappa shape index (κ2) is 8.35. The van der Waals surface area contributed by atoms with Crippen molar-refractivity contribution in [2.45, 2.75) is 11.4 Å². The van der Waals surface area contributed by atoms with Crippen LogP contribution in [-0.2, 0) is 6.54 Å². The second-order valence-corrected chi connectivity index (χ2v) is 8.54. The number of hydrogen-bond acceptors (Lipinski definition) is 4. The first-order valence-electron chi connectivity index (χ1n) is 8.70. The minimum absolute atomic E-state index is 0.0679. The van der Waals surface area contributed by atoms with Crippen LogP contribution in [0, 0.1) is 0 Å². The number of hydrogen-bond donors (Lipinski definition) is 0. The van der Waals surface area contributed by atoms with E-state index in [2.05, 4.69) is 0 Å². The molecule has 0 aliphatic rings. The topological polar surface area (TPSA) is 33.2 Å². The minimum atomic E-state index is -0.0679. The quantitative estimate of drug-likeness (QED) is 0.342. The highest BCUT2D eigenvalue weighted by atomic mass is 35.5. The average Bonchev–Trinajstić information content (AvgIpc) is 3.15. The molecule has 28 heavy (non-hydrogen) atoms. The van der Waals surface area contributed by atoms with E-state index >= 15 is 0 Å². The number of halogens is 1. The maximum atomic E-state index is 13.4. The van der Waals surface area contributed by atoms with Crippen LogP contribution in [0.2, 0.25) is 5.02 Å². The average molecular weight is 425 g/mol. The van der Waals surface area contributed by atoms with Gasteiger partial charge in [0.15, 0.2) is 5.13 Å². The smallest absolute Gasteiger partial charge is 0.260 e. The monoisotopic (exact) mass is 424 g/mol. The number of thioether (sulfide) groups is 1. The van der Waals surface area contributed by atoms with Gasteiger partial charge in [0.2, 0.25) is 0 Å². The lowest BCUT2D eigenvalue weighted by molar-refractivity contribution is 0.0985. The van der Waals surface area contributed by atoms with Crippen LogP contribution in [0.25, 0.3) is 10.2 Å². The number of amides is 1. The molecule has 0 fully saturated rings. The zero-order chi connectivity index (χ0) is 19.5. The summed E-state index contributed by atoms with van der Waals surface area (Å²) in [6, 6.07) is 23.2. The summed E-state index contributed by atoms with van der Waals surface area (Å²) < 4.78 is 0.964. The van der Waals surface area contributed by atoms with Crippen molar-refractivity contribution in [3.05, 3.63) is 88.9 Å². The Morgan fingerprint density at radius 3 is 2.54 bits per heavy atom. The Hall–Kier alpha value is -2.34. The number of benzene rings is 3. The van der Waals surface area contributed by atoms with Gasteiger partial charge < -0.3 is 0 Å². The van der Waals surface area contributed by atoms with Crippen LogP contribution >= 0.6 is 34.7 Å². The molecule has 0 unspecified atom stereocenters. The summed E-state index contributed by atoms with van der Waals surface area (Å²) in [6.45, 7) is 0.456. The van der Waals surface area contributed by atoms with E-state index in [1.54, 1.807) is 16.7 Å². The number of aromatic nitrogens is 1. The highest BCUT2D eigenvalue weighted by molar-refractivity contribution is 7.98. The Kier molecular flexibility index (Phi) is 5.67. The summed E-state index contributed by atoms with van der Waals surface area (Å²) >= 11 is 9.25. The van der Waals surface area contributed by atoms with Gasteiger partial charge >= 0.3 is 0 Å². The molecule has 6 heteroatoms. The van der Waals surface area contributed by atoms with Crippen LogP contribution in [0.4, 0.5) is 5.13 Å². The van der Waals surface area contributed by atoms with Crippen molar-refractivity contribution in [2.75, 3.05) is 11.2 Å². The van der Waals surface area contributed by atoms with Gasteiger partial charge in [-0.05, 0) is 54.3 Å². The molecule has 1 amide bonds. The van der Waals surface area contributed by atoms with Crippen molar-refractivity contribution in [3.63, 3.8) is 0 Å². The van der Waals surface area contributed by atoms with E-state index in [1.807, 2.05) is 79.1 Å². The zero-order valence-electron chi connectivity index (χ0n) is 15.1. The molecule has 4 aromatic rings. The molecule has 0 aliphatic heterocycles. The molecule has 4 rings (SSSR count). The van der Waals surface area contributed by atoms with Crippen molar-refractivity contribution in [3.8, 4) is 0 Å². The molecule has 1 aromatic heterocycles. The van der Waals surface area contributed by atoms with E-state index in [0.29, 0.717) is 22.3 Å². The third-order valence-electron chi connectivity index (χ3n) is 4.34. The molecule has 3 aromatic carbocycles. The summed E-state index contributed by atoms with van der Waals surface area (Å²) in [5.41, 5.74) is 2.54. The maximum absolute atomic E-state index is 13.4. The molecular formula is C22H17ClN2OS2. The fraction of sp³-hybridized carbons (Fsp3) is 0.0909. The van der Waals surface area contributed by atoms with Gasteiger partial charge in [0.1, 0.15) is 0 Å². The molecule has 0 bridgehead atoms. The molecular weight excluding hydrogens is 408 g/mol. The van der Waals surface area contributed by atoms with Crippen LogP contribution in [0.1, 0.15) is 15.9 Å². The zero-order valence-corrected chi connectivity index (χ0v) is 17.5. The molecule has 0 N–H and O–H groups in total. The van der Waals surface area contributed by atoms with Gasteiger partial charge in [-0.25, -0.2) is 4.98 Å².